The van der Waals surface area contributed by atoms with Crippen molar-refractivity contribution in [1.82, 2.24) is 10.2 Å². The average molecular weight is 241 g/mol. The highest BCUT2D eigenvalue weighted by Gasteiger charge is 2.24. The van der Waals surface area contributed by atoms with Gasteiger partial charge in [-0.3, -0.25) is 4.79 Å². The van der Waals surface area contributed by atoms with E-state index in [1.807, 2.05) is 6.07 Å². The van der Waals surface area contributed by atoms with Gasteiger partial charge in [0.15, 0.2) is 6.10 Å². The van der Waals surface area contributed by atoms with Crippen molar-refractivity contribution in [1.29, 1.82) is 5.26 Å². The maximum absolute atomic E-state index is 11.6. The summed E-state index contributed by atoms with van der Waals surface area (Å²) in [6.45, 7) is 2.53. The zero-order chi connectivity index (χ0) is 12.8. The molecule has 2 unspecified atom stereocenters. The van der Waals surface area contributed by atoms with Gasteiger partial charge in [-0.25, -0.2) is 4.79 Å². The zero-order valence-electron chi connectivity index (χ0n) is 9.55. The highest BCUT2D eigenvalue weighted by Crippen LogP contribution is 2.04. The lowest BCUT2D eigenvalue weighted by Gasteiger charge is -2.30. The Bertz CT molecular complexity index is 339. The van der Waals surface area contributed by atoms with E-state index in [1.54, 1.807) is 0 Å². The van der Waals surface area contributed by atoms with Crippen LogP contribution in [0, 0.1) is 17.2 Å². The predicted molar refractivity (Wildman–Crippen MR) is 57.1 cm³/mol. The molecule has 94 valence electrons. The van der Waals surface area contributed by atoms with E-state index >= 15 is 0 Å². The summed E-state index contributed by atoms with van der Waals surface area (Å²) in [5.74, 6) is -1.59. The first-order valence-corrected chi connectivity index (χ1v) is 5.31. The lowest BCUT2D eigenvalue weighted by atomic mass is 10.2. The number of carboxylic acids is 1. The van der Waals surface area contributed by atoms with E-state index in [0.29, 0.717) is 13.2 Å². The van der Waals surface area contributed by atoms with Gasteiger partial charge in [-0.2, -0.15) is 5.26 Å². The second-order valence-electron chi connectivity index (χ2n) is 3.86. The van der Waals surface area contributed by atoms with Crippen LogP contribution in [0.2, 0.25) is 0 Å². The van der Waals surface area contributed by atoms with Crippen LogP contribution in [0.1, 0.15) is 6.92 Å². The SMILES string of the molecule is CC(CNC(=O)N1CCOC(C#N)C1)C(=O)O. The van der Waals surface area contributed by atoms with Gasteiger partial charge in [-0.05, 0) is 0 Å². The molecule has 0 aromatic carbocycles. The molecule has 0 aliphatic carbocycles. The van der Waals surface area contributed by atoms with Gasteiger partial charge in [-0.15, -0.1) is 0 Å². The van der Waals surface area contributed by atoms with E-state index in [-0.39, 0.29) is 19.1 Å². The van der Waals surface area contributed by atoms with Gasteiger partial charge < -0.3 is 20.1 Å². The van der Waals surface area contributed by atoms with E-state index in [2.05, 4.69) is 5.32 Å². The van der Waals surface area contributed by atoms with Crippen molar-refractivity contribution in [3.8, 4) is 6.07 Å². The number of nitrogens with one attached hydrogen (secondary N) is 1. The molecule has 7 heteroatoms. The lowest BCUT2D eigenvalue weighted by molar-refractivity contribution is -0.140. The Hall–Kier alpha value is -1.81. The topological polar surface area (TPSA) is 103 Å². The Kier molecular flexibility index (Phi) is 4.72. The van der Waals surface area contributed by atoms with Crippen LogP contribution in [0.25, 0.3) is 0 Å². The lowest BCUT2D eigenvalue weighted by Crippen LogP contribution is -2.50. The van der Waals surface area contributed by atoms with Gasteiger partial charge in [0.05, 0.1) is 25.1 Å². The van der Waals surface area contributed by atoms with Crippen molar-refractivity contribution < 1.29 is 19.4 Å². The van der Waals surface area contributed by atoms with Gasteiger partial charge in [0.2, 0.25) is 0 Å². The summed E-state index contributed by atoms with van der Waals surface area (Å²) in [6, 6.07) is 1.57. The summed E-state index contributed by atoms with van der Waals surface area (Å²) in [4.78, 5) is 23.7. The average Bonchev–Trinajstić information content (AvgIpc) is 2.35. The highest BCUT2D eigenvalue weighted by atomic mass is 16.5. The largest absolute Gasteiger partial charge is 0.481 e. The summed E-state index contributed by atoms with van der Waals surface area (Å²) < 4.78 is 5.09. The maximum atomic E-state index is 11.6. The summed E-state index contributed by atoms with van der Waals surface area (Å²) in [5, 5.41) is 19.8. The molecule has 2 N–H and O–H groups in total. The number of carbonyl (C=O) groups excluding carboxylic acids is 1. The van der Waals surface area contributed by atoms with Crippen LogP contribution in [0.15, 0.2) is 0 Å². The number of hydrogen-bond acceptors (Lipinski definition) is 4. The van der Waals surface area contributed by atoms with Crippen molar-refractivity contribution in [3.05, 3.63) is 0 Å². The molecule has 1 heterocycles. The zero-order valence-corrected chi connectivity index (χ0v) is 9.55. The molecule has 1 rings (SSSR count). The van der Waals surface area contributed by atoms with Crippen LogP contribution in [-0.2, 0) is 9.53 Å². The molecule has 0 spiro atoms. The molecule has 0 radical (unpaired) electrons. The van der Waals surface area contributed by atoms with Crippen LogP contribution in [0.5, 0.6) is 0 Å². The Morgan fingerprint density at radius 3 is 3.00 bits per heavy atom. The quantitative estimate of drug-likeness (QED) is 0.702. The molecule has 0 aromatic heterocycles. The molecule has 2 amide bonds. The molecule has 1 aliphatic heterocycles. The van der Waals surface area contributed by atoms with Gasteiger partial charge in [0.25, 0.3) is 0 Å². The fraction of sp³-hybridized carbons (Fsp3) is 0.700. The first-order valence-electron chi connectivity index (χ1n) is 5.31. The first-order chi connectivity index (χ1) is 8.04. The van der Waals surface area contributed by atoms with Crippen molar-refractivity contribution in [2.24, 2.45) is 5.92 Å². The number of ether oxygens (including phenoxy) is 1. The van der Waals surface area contributed by atoms with Crippen LogP contribution < -0.4 is 5.32 Å². The Morgan fingerprint density at radius 1 is 1.71 bits per heavy atom. The summed E-state index contributed by atoms with van der Waals surface area (Å²) in [6.07, 6.45) is -0.605. The van der Waals surface area contributed by atoms with Gasteiger partial charge in [-0.1, -0.05) is 6.92 Å². The van der Waals surface area contributed by atoms with Crippen LogP contribution >= 0.6 is 0 Å². The Morgan fingerprint density at radius 2 is 2.41 bits per heavy atom. The number of nitrogens with zero attached hydrogens (tertiary/aromatic N) is 2. The number of nitriles is 1. The Balaban J connectivity index is 2.37. The van der Waals surface area contributed by atoms with Crippen molar-refractivity contribution in [2.45, 2.75) is 13.0 Å². The normalized spacial score (nSPS) is 21.4. The number of carboxylic acid groups (broad SMARTS) is 1. The molecule has 0 saturated carbocycles. The smallest absolute Gasteiger partial charge is 0.317 e. The summed E-state index contributed by atoms with van der Waals surface area (Å²) in [7, 11) is 0. The Labute approximate surface area is 99.0 Å². The number of aliphatic carboxylic acids is 1. The minimum Gasteiger partial charge on any atom is -0.481 e. The summed E-state index contributed by atoms with van der Waals surface area (Å²) >= 11 is 0. The second-order valence-corrected chi connectivity index (χ2v) is 3.86. The third kappa shape index (κ3) is 3.92. The number of hydrogen-bond donors (Lipinski definition) is 2. The van der Waals surface area contributed by atoms with Crippen molar-refractivity contribution in [3.63, 3.8) is 0 Å². The molecule has 1 saturated heterocycles. The van der Waals surface area contributed by atoms with Crippen LogP contribution in [0.3, 0.4) is 0 Å². The van der Waals surface area contributed by atoms with E-state index in [0.717, 1.165) is 0 Å². The molecular formula is C10H15N3O4. The molecule has 7 nitrogen and oxygen atoms in total. The van der Waals surface area contributed by atoms with Crippen molar-refractivity contribution in [2.75, 3.05) is 26.2 Å². The number of urea groups is 1. The number of carbonyl (C=O) groups is 2. The van der Waals surface area contributed by atoms with E-state index in [4.69, 9.17) is 15.1 Å². The van der Waals surface area contributed by atoms with Gasteiger partial charge >= 0.3 is 12.0 Å². The monoisotopic (exact) mass is 241 g/mol. The molecule has 17 heavy (non-hydrogen) atoms. The highest BCUT2D eigenvalue weighted by molar-refractivity contribution is 5.76. The number of morpholine rings is 1. The predicted octanol–water partition coefficient (Wildman–Crippen LogP) is -0.359. The molecule has 0 aromatic rings. The molecule has 2 atom stereocenters. The number of amides is 2. The van der Waals surface area contributed by atoms with Gasteiger partial charge in [0.1, 0.15) is 0 Å². The third-order valence-corrected chi connectivity index (χ3v) is 2.48. The minimum atomic E-state index is -0.956. The number of rotatable bonds is 3. The van der Waals surface area contributed by atoms with E-state index in [9.17, 15) is 9.59 Å². The maximum Gasteiger partial charge on any atom is 0.317 e. The fourth-order valence-corrected chi connectivity index (χ4v) is 1.35. The van der Waals surface area contributed by atoms with Crippen LogP contribution in [0.4, 0.5) is 4.79 Å². The third-order valence-electron chi connectivity index (χ3n) is 2.48. The van der Waals surface area contributed by atoms with Gasteiger partial charge in [0, 0.05) is 13.1 Å². The van der Waals surface area contributed by atoms with E-state index in [1.165, 1.54) is 11.8 Å². The van der Waals surface area contributed by atoms with Crippen LogP contribution in [-0.4, -0.2) is 54.4 Å². The van der Waals surface area contributed by atoms with E-state index < -0.39 is 18.0 Å². The molecule has 1 aliphatic rings. The molecule has 1 fully saturated rings. The summed E-state index contributed by atoms with van der Waals surface area (Å²) in [5.41, 5.74) is 0. The standard InChI is InChI=1S/C10H15N3O4/c1-7(9(14)15)5-12-10(16)13-2-3-17-8(4-11)6-13/h7-8H,2-3,5-6H2,1H3,(H,12,16)(H,14,15). The first kappa shape index (κ1) is 13.3. The molecular weight excluding hydrogens is 226 g/mol. The minimum absolute atomic E-state index is 0.0722. The van der Waals surface area contributed by atoms with Crippen molar-refractivity contribution >= 4 is 12.0 Å². The molecule has 0 bridgehead atoms. The second kappa shape index (κ2) is 6.06. The fourth-order valence-electron chi connectivity index (χ4n) is 1.35.